The second-order valence-corrected chi connectivity index (χ2v) is 10.8. The van der Waals surface area contributed by atoms with Crippen molar-refractivity contribution in [3.8, 4) is 11.3 Å². The first-order chi connectivity index (χ1) is 16.8. The molecule has 1 aliphatic rings. The molecule has 206 valence electrons. The van der Waals surface area contributed by atoms with Crippen LogP contribution in [0.4, 0.5) is 22.0 Å². The van der Waals surface area contributed by atoms with Gasteiger partial charge in [-0.1, -0.05) is 12.1 Å². The molecule has 0 radical (unpaired) electrons. The van der Waals surface area contributed by atoms with E-state index in [9.17, 15) is 40.4 Å². The Hall–Kier alpha value is -2.42. The zero-order valence-electron chi connectivity index (χ0n) is 19.5. The molecule has 1 aromatic carbocycles. The van der Waals surface area contributed by atoms with E-state index >= 15 is 0 Å². The molecule has 3 rings (SSSR count). The normalized spacial score (nSPS) is 20.7. The number of amides is 1. The number of hydrogen-bond donors (Lipinski definition) is 2. The average molecular weight is 574 g/mol. The van der Waals surface area contributed by atoms with Gasteiger partial charge in [0.25, 0.3) is 5.91 Å². The molecule has 0 spiro atoms. The van der Waals surface area contributed by atoms with Crippen LogP contribution in [0, 0.1) is 0 Å². The molecule has 15 heteroatoms. The minimum atomic E-state index is -5.65. The predicted molar refractivity (Wildman–Crippen MR) is 123 cm³/mol. The lowest BCUT2D eigenvalue weighted by molar-refractivity contribution is -0.284. The number of methoxy groups -OCH3 is 1. The number of nitrogens with one attached hydrogen (secondary N) is 1. The number of carbonyl (C=O) groups is 1. The van der Waals surface area contributed by atoms with Crippen LogP contribution in [0.5, 0.6) is 0 Å². The second-order valence-electron chi connectivity index (χ2n) is 8.49. The summed E-state index contributed by atoms with van der Waals surface area (Å²) in [6.07, 6.45) is -5.22. The third-order valence-electron chi connectivity index (χ3n) is 6.38. The fraction of sp³-hybridized carbons (Fsp3) is 0.500. The summed E-state index contributed by atoms with van der Waals surface area (Å²) in [5, 5.41) is 9.22. The van der Waals surface area contributed by atoms with Crippen LogP contribution in [0.1, 0.15) is 37.8 Å². The van der Waals surface area contributed by atoms with Gasteiger partial charge in [0.1, 0.15) is 0 Å². The molecule has 0 unspecified atom stereocenters. The topological polar surface area (TPSA) is 118 Å². The second kappa shape index (κ2) is 11.5. The highest BCUT2D eigenvalue weighted by Gasteiger charge is 2.56. The fourth-order valence-corrected chi connectivity index (χ4v) is 6.11. The van der Waals surface area contributed by atoms with E-state index in [1.807, 2.05) is 0 Å². The molecule has 2 N–H and O–H groups in total. The van der Waals surface area contributed by atoms with Crippen LogP contribution in [0.2, 0.25) is 0 Å². The molecule has 1 fully saturated rings. The molecule has 0 bridgehead atoms. The molecule has 8 nitrogen and oxygen atoms in total. The smallest absolute Gasteiger partial charge is 0.381 e. The number of aromatic nitrogens is 2. The van der Waals surface area contributed by atoms with Gasteiger partial charge in [-0.05, 0) is 44.2 Å². The van der Waals surface area contributed by atoms with Crippen molar-refractivity contribution in [2.45, 2.75) is 66.4 Å². The van der Waals surface area contributed by atoms with Gasteiger partial charge >= 0.3 is 12.1 Å². The summed E-state index contributed by atoms with van der Waals surface area (Å²) < 4.78 is 93.4. The zero-order valence-corrected chi connectivity index (χ0v) is 21.1. The lowest BCUT2D eigenvalue weighted by atomic mass is 9.86. The number of halogens is 6. The molecule has 1 saturated carbocycles. The van der Waals surface area contributed by atoms with E-state index in [0.29, 0.717) is 18.4 Å². The Morgan fingerprint density at radius 1 is 1.11 bits per heavy atom. The molecule has 2 aromatic rings. The van der Waals surface area contributed by atoms with Gasteiger partial charge in [-0.3, -0.25) is 20.0 Å². The van der Waals surface area contributed by atoms with Crippen LogP contribution in [0.3, 0.4) is 0 Å². The van der Waals surface area contributed by atoms with Gasteiger partial charge in [0.05, 0.1) is 28.6 Å². The SMILES string of the molecule is COC1CCC(C(=O)NO)(S(=O)(=O)c2ccc(-c3cnc(CCC(F)(F)C(F)(F)F)cn3)cc2)CC1.Cl. The van der Waals surface area contributed by atoms with E-state index in [0.717, 1.165) is 6.20 Å². The summed E-state index contributed by atoms with van der Waals surface area (Å²) in [4.78, 5) is 20.2. The number of carbonyl (C=O) groups excluding carboxylic acids is 1. The molecule has 1 amide bonds. The Morgan fingerprint density at radius 2 is 1.70 bits per heavy atom. The first-order valence-electron chi connectivity index (χ1n) is 10.9. The Morgan fingerprint density at radius 3 is 2.16 bits per heavy atom. The number of nitrogens with zero attached hydrogens (tertiary/aromatic N) is 2. The maximum Gasteiger partial charge on any atom is 0.453 e. The molecule has 1 aliphatic carbocycles. The van der Waals surface area contributed by atoms with E-state index < -0.39 is 45.4 Å². The van der Waals surface area contributed by atoms with Gasteiger partial charge < -0.3 is 4.74 Å². The predicted octanol–water partition coefficient (Wildman–Crippen LogP) is 4.30. The van der Waals surface area contributed by atoms with Crippen molar-refractivity contribution in [2.75, 3.05) is 7.11 Å². The first kappa shape index (κ1) is 30.8. The summed E-state index contributed by atoms with van der Waals surface area (Å²) in [6.45, 7) is 0. The maximum atomic E-state index is 13.4. The lowest BCUT2D eigenvalue weighted by Gasteiger charge is -2.37. The molecule has 1 heterocycles. The van der Waals surface area contributed by atoms with Gasteiger partial charge in [-0.15, -0.1) is 12.4 Å². The molecular formula is C22H25ClF5N3O5S. The number of rotatable bonds is 8. The van der Waals surface area contributed by atoms with Crippen molar-refractivity contribution in [3.05, 3.63) is 42.4 Å². The maximum absolute atomic E-state index is 13.4. The molecule has 0 saturated heterocycles. The quantitative estimate of drug-likeness (QED) is 0.274. The van der Waals surface area contributed by atoms with Gasteiger partial charge in [0, 0.05) is 25.3 Å². The fourth-order valence-electron chi connectivity index (χ4n) is 4.10. The minimum absolute atomic E-state index is 0. The minimum Gasteiger partial charge on any atom is -0.381 e. The highest BCUT2D eigenvalue weighted by molar-refractivity contribution is 7.93. The number of ether oxygens (including phenoxy) is 1. The summed E-state index contributed by atoms with van der Waals surface area (Å²) >= 11 is 0. The molecular weight excluding hydrogens is 549 g/mol. The van der Waals surface area contributed by atoms with Crippen LogP contribution in [-0.4, -0.2) is 59.6 Å². The third kappa shape index (κ3) is 6.19. The standard InChI is InChI=1S/C22H24F5N3O5S.ClH/c1-35-16-7-9-20(10-8-16,19(31)30-32)36(33,34)17-4-2-14(3-5-17)18-13-28-15(12-29-18)6-11-21(23,24)22(25,26)27;/h2-5,12-13,16,32H,6-11H2,1H3,(H,30,31);1H. The van der Waals surface area contributed by atoms with E-state index in [4.69, 9.17) is 4.74 Å². The van der Waals surface area contributed by atoms with E-state index in [2.05, 4.69) is 9.97 Å². The Kier molecular flexibility index (Phi) is 9.61. The van der Waals surface area contributed by atoms with Crippen LogP contribution in [0.15, 0.2) is 41.6 Å². The number of aryl methyl sites for hydroxylation is 1. The molecule has 0 aliphatic heterocycles. The van der Waals surface area contributed by atoms with E-state index in [1.165, 1.54) is 43.1 Å². The largest absolute Gasteiger partial charge is 0.453 e. The van der Waals surface area contributed by atoms with Crippen LogP contribution in [0.25, 0.3) is 11.3 Å². The summed E-state index contributed by atoms with van der Waals surface area (Å²) in [5.41, 5.74) is 2.03. The Bertz CT molecular complexity index is 1170. The average Bonchev–Trinajstić information content (AvgIpc) is 2.86. The van der Waals surface area contributed by atoms with Gasteiger partial charge in [0.2, 0.25) is 0 Å². The summed E-state index contributed by atoms with van der Waals surface area (Å²) in [5.74, 6) is -5.87. The van der Waals surface area contributed by atoms with Crippen molar-refractivity contribution >= 4 is 28.2 Å². The zero-order chi connectivity index (χ0) is 26.8. The van der Waals surface area contributed by atoms with E-state index in [-0.39, 0.29) is 47.6 Å². The Labute approximate surface area is 215 Å². The highest BCUT2D eigenvalue weighted by atomic mass is 35.5. The van der Waals surface area contributed by atoms with Gasteiger partial charge in [0.15, 0.2) is 14.6 Å². The number of alkyl halides is 5. The summed E-state index contributed by atoms with van der Waals surface area (Å²) in [6, 6.07) is 5.33. The van der Waals surface area contributed by atoms with Gasteiger partial charge in [-0.25, -0.2) is 13.9 Å². The number of hydroxylamine groups is 1. The van der Waals surface area contributed by atoms with Crippen molar-refractivity contribution in [3.63, 3.8) is 0 Å². The van der Waals surface area contributed by atoms with Crippen molar-refractivity contribution in [1.29, 1.82) is 0 Å². The van der Waals surface area contributed by atoms with Crippen molar-refractivity contribution in [2.24, 2.45) is 0 Å². The summed E-state index contributed by atoms with van der Waals surface area (Å²) in [7, 11) is -2.74. The van der Waals surface area contributed by atoms with Crippen LogP contribution < -0.4 is 5.48 Å². The molecule has 0 atom stereocenters. The monoisotopic (exact) mass is 573 g/mol. The van der Waals surface area contributed by atoms with E-state index in [1.54, 1.807) is 0 Å². The van der Waals surface area contributed by atoms with Gasteiger partial charge in [-0.2, -0.15) is 22.0 Å². The Balaban J connectivity index is 0.00000481. The van der Waals surface area contributed by atoms with Crippen LogP contribution >= 0.6 is 12.4 Å². The molecule has 37 heavy (non-hydrogen) atoms. The first-order valence-corrected chi connectivity index (χ1v) is 12.3. The number of hydrogen-bond acceptors (Lipinski definition) is 7. The highest BCUT2D eigenvalue weighted by Crippen LogP contribution is 2.41. The number of sulfone groups is 1. The lowest BCUT2D eigenvalue weighted by Crippen LogP contribution is -2.54. The molecule has 1 aromatic heterocycles. The number of benzene rings is 1. The van der Waals surface area contributed by atoms with Crippen molar-refractivity contribution < 1.29 is 45.1 Å². The van der Waals surface area contributed by atoms with Crippen molar-refractivity contribution in [1.82, 2.24) is 15.4 Å². The third-order valence-corrected chi connectivity index (χ3v) is 8.89. The van der Waals surface area contributed by atoms with Crippen LogP contribution in [-0.2, 0) is 25.8 Å².